The van der Waals surface area contributed by atoms with E-state index in [1.807, 2.05) is 97.9 Å². The molecule has 5 aromatic rings. The Labute approximate surface area is 323 Å². The number of thiazole rings is 1. The molecule has 2 amide bonds. The average molecular weight is 806 g/mol. The van der Waals surface area contributed by atoms with Crippen LogP contribution in [0, 0.1) is 6.92 Å². The zero-order valence-corrected chi connectivity index (χ0v) is 31.4. The van der Waals surface area contributed by atoms with Gasteiger partial charge in [-0.05, 0) is 29.2 Å². The lowest BCUT2D eigenvalue weighted by Crippen LogP contribution is -2.71. The van der Waals surface area contributed by atoms with Crippen molar-refractivity contribution in [1.29, 1.82) is 0 Å². The normalized spacial score (nSPS) is 17.2. The molecule has 276 valence electrons. The summed E-state index contributed by atoms with van der Waals surface area (Å²) in [6.45, 7) is -1.53. The molecule has 2 aliphatic heterocycles. The van der Waals surface area contributed by atoms with Crippen molar-refractivity contribution in [3.63, 3.8) is 0 Å². The first-order valence-electron chi connectivity index (χ1n) is 16.2. The molecule has 3 aromatic carbocycles. The minimum absolute atomic E-state index is 0.0824. The first-order valence-corrected chi connectivity index (χ1v) is 19.9. The first kappa shape index (κ1) is 37.2. The van der Waals surface area contributed by atoms with Crippen LogP contribution in [0.4, 0.5) is 13.9 Å². The molecule has 0 spiro atoms. The van der Waals surface area contributed by atoms with E-state index in [9.17, 15) is 28.3 Å². The molecule has 7 rings (SSSR count). The monoisotopic (exact) mass is 805 g/mol. The number of nitrogens with one attached hydrogen (secondary N) is 2. The fraction of sp³-hybridized carbons (Fsp3) is 0.194. The third-order valence-corrected chi connectivity index (χ3v) is 12.7. The number of aromatic nitrogens is 3. The second-order valence-corrected chi connectivity index (χ2v) is 16.2. The lowest BCUT2D eigenvalue weighted by atomic mass is 9.77. The second kappa shape index (κ2) is 16.1. The maximum atomic E-state index is 13.7. The molecule has 0 aliphatic carbocycles. The van der Waals surface area contributed by atoms with Gasteiger partial charge in [-0.25, -0.2) is 9.78 Å². The quantitative estimate of drug-likeness (QED) is 0.0387. The first-order chi connectivity index (χ1) is 26.2. The van der Waals surface area contributed by atoms with Crippen LogP contribution in [0.3, 0.4) is 0 Å². The lowest BCUT2D eigenvalue weighted by molar-refractivity contribution is -0.150. The number of benzene rings is 3. The topological polar surface area (TPSA) is 159 Å². The zero-order valence-electron chi connectivity index (χ0n) is 28.1. The maximum Gasteiger partial charge on any atom is 0.407 e. The Kier molecular flexibility index (Phi) is 11.0. The molecule has 0 radical (unpaired) electrons. The van der Waals surface area contributed by atoms with Crippen LogP contribution in [-0.2, 0) is 24.8 Å². The Hall–Kier alpha value is -5.17. The van der Waals surface area contributed by atoms with Crippen molar-refractivity contribution in [2.45, 2.75) is 34.8 Å². The van der Waals surface area contributed by atoms with Crippen LogP contribution in [0.15, 0.2) is 117 Å². The predicted octanol–water partition coefficient (Wildman–Crippen LogP) is 6.18. The van der Waals surface area contributed by atoms with Gasteiger partial charge in [-0.3, -0.25) is 14.5 Å². The number of carbonyl (C=O) groups is 3. The number of oxime groups is 1. The Morgan fingerprint density at radius 2 is 1.63 bits per heavy atom. The lowest BCUT2D eigenvalue weighted by Gasteiger charge is -2.49. The van der Waals surface area contributed by atoms with Crippen LogP contribution in [0.2, 0.25) is 0 Å². The molecule has 2 aliphatic rings. The molecule has 1 saturated heterocycles. The van der Waals surface area contributed by atoms with E-state index in [1.54, 1.807) is 0 Å². The molecule has 12 nitrogen and oxygen atoms in total. The van der Waals surface area contributed by atoms with Crippen LogP contribution < -0.4 is 10.6 Å². The molecule has 2 atom stereocenters. The van der Waals surface area contributed by atoms with Crippen LogP contribution in [0.1, 0.15) is 27.4 Å². The number of alkyl halides is 2. The van der Waals surface area contributed by atoms with Gasteiger partial charge in [-0.2, -0.15) is 8.78 Å². The van der Waals surface area contributed by atoms with Crippen LogP contribution in [0.5, 0.6) is 0 Å². The summed E-state index contributed by atoms with van der Waals surface area (Å²) in [7, 11) is 0. The number of β-lactam (4-membered cyclic amide) rings is 1. The number of carbonyl (C=O) groups excluding carboxylic acids is 2. The molecular formula is C36H29F2N7O5S4. The van der Waals surface area contributed by atoms with E-state index in [0.717, 1.165) is 37.9 Å². The smallest absolute Gasteiger partial charge is 0.407 e. The maximum absolute atomic E-state index is 13.7. The number of hydrogen-bond donors (Lipinski definition) is 3. The molecule has 54 heavy (non-hydrogen) atoms. The molecule has 0 bridgehead atoms. The van der Waals surface area contributed by atoms with Crippen molar-refractivity contribution < 1.29 is 33.1 Å². The number of nitrogens with zero attached hydrogens (tertiary/aromatic N) is 5. The van der Waals surface area contributed by atoms with Crippen molar-refractivity contribution in [1.82, 2.24) is 25.4 Å². The van der Waals surface area contributed by atoms with Gasteiger partial charge in [0.15, 0.2) is 15.2 Å². The van der Waals surface area contributed by atoms with Gasteiger partial charge in [0.25, 0.3) is 11.8 Å². The van der Waals surface area contributed by atoms with Crippen LogP contribution in [-0.4, -0.2) is 78.2 Å². The van der Waals surface area contributed by atoms with E-state index in [4.69, 9.17) is 0 Å². The number of rotatable bonds is 14. The third kappa shape index (κ3) is 7.46. The Balaban J connectivity index is 1.15. The number of halogens is 2. The molecule has 18 heteroatoms. The zero-order chi connectivity index (χ0) is 37.8. The Morgan fingerprint density at radius 3 is 2.17 bits per heavy atom. The minimum Gasteiger partial charge on any atom is -0.477 e. The predicted molar refractivity (Wildman–Crippen MR) is 204 cm³/mol. The molecule has 4 heterocycles. The van der Waals surface area contributed by atoms with Gasteiger partial charge in [-0.1, -0.05) is 119 Å². The standard InChI is InChI=1S/C36H29F2N7O5S4/c1-20-42-43-35(54-20)53-18-21-17-51-31-27(30(47)45(31)28(21)32(48)49)40-29(46)26(44-50-33(37)38)25-19-52-34(39-25)41-36(22-11-5-2-6-12-22,23-13-7-3-8-14-23)24-15-9-4-10-16-24/h2-16,19,27,31,33H,17-18H2,1H3,(H,39,41)(H,40,46)(H,48,49)/b44-26+/t27?,31-/m1/s1. The van der Waals surface area contributed by atoms with Crippen molar-refractivity contribution in [2.24, 2.45) is 5.16 Å². The molecule has 1 fully saturated rings. The van der Waals surface area contributed by atoms with E-state index in [1.165, 1.54) is 40.2 Å². The van der Waals surface area contributed by atoms with Gasteiger partial charge in [0, 0.05) is 16.9 Å². The van der Waals surface area contributed by atoms with Crippen molar-refractivity contribution in [3.05, 3.63) is 135 Å². The fourth-order valence-corrected chi connectivity index (χ4v) is 10.2. The number of aryl methyl sites for hydroxylation is 1. The summed E-state index contributed by atoms with van der Waals surface area (Å²) in [5, 5.41) is 29.5. The highest BCUT2D eigenvalue weighted by atomic mass is 32.2. The van der Waals surface area contributed by atoms with Gasteiger partial charge in [0.2, 0.25) is 0 Å². The van der Waals surface area contributed by atoms with Gasteiger partial charge < -0.3 is 20.6 Å². The number of carboxylic acid groups (broad SMARTS) is 1. The number of thioether (sulfide) groups is 2. The van der Waals surface area contributed by atoms with Gasteiger partial charge in [0.05, 0.1) is 0 Å². The SMILES string of the molecule is Cc1nnc(SCC2=C(C(=O)O)N3C(=O)C(NC(=O)/C(=N/OC(F)F)c4csc(NC(c5ccccc5)(c5ccccc5)c5ccccc5)n4)[C@H]3SC2)s1. The highest BCUT2D eigenvalue weighted by molar-refractivity contribution is 8.01. The van der Waals surface area contributed by atoms with E-state index < -0.39 is 47.1 Å². The van der Waals surface area contributed by atoms with Gasteiger partial charge in [-0.15, -0.1) is 33.3 Å². The number of amides is 2. The summed E-state index contributed by atoms with van der Waals surface area (Å²) in [5.41, 5.74) is 1.38. The van der Waals surface area contributed by atoms with Gasteiger partial charge in [0.1, 0.15) is 33.4 Å². The van der Waals surface area contributed by atoms with Gasteiger partial charge >= 0.3 is 12.6 Å². The highest BCUT2D eigenvalue weighted by Crippen LogP contribution is 2.43. The van der Waals surface area contributed by atoms with Crippen LogP contribution >= 0.6 is 46.2 Å². The molecule has 2 aromatic heterocycles. The van der Waals surface area contributed by atoms with Crippen molar-refractivity contribution in [3.8, 4) is 0 Å². The highest BCUT2D eigenvalue weighted by Gasteiger charge is 2.54. The largest absolute Gasteiger partial charge is 0.477 e. The summed E-state index contributed by atoms with van der Waals surface area (Å²) in [6.07, 6.45) is 0. The summed E-state index contributed by atoms with van der Waals surface area (Å²) in [4.78, 5) is 49.5. The number of hydrogen-bond acceptors (Lipinski definition) is 13. The fourth-order valence-electron chi connectivity index (χ4n) is 6.17. The van der Waals surface area contributed by atoms with E-state index >= 15 is 0 Å². The van der Waals surface area contributed by atoms with Crippen molar-refractivity contribution >= 4 is 74.8 Å². The Bertz CT molecular complexity index is 2120. The van der Waals surface area contributed by atoms with Crippen molar-refractivity contribution in [2.75, 3.05) is 16.8 Å². The van der Waals surface area contributed by atoms with Crippen LogP contribution in [0.25, 0.3) is 0 Å². The molecule has 1 unspecified atom stereocenters. The summed E-state index contributed by atoms with van der Waals surface area (Å²) in [6, 6.07) is 28.0. The number of anilines is 1. The number of fused-ring (bicyclic) bond motifs is 1. The molecule has 3 N–H and O–H groups in total. The average Bonchev–Trinajstić information content (AvgIpc) is 3.83. The number of aliphatic carboxylic acids is 1. The summed E-state index contributed by atoms with van der Waals surface area (Å²) in [5.74, 6) is -2.40. The summed E-state index contributed by atoms with van der Waals surface area (Å²) >= 11 is 5.09. The molecular weight excluding hydrogens is 777 g/mol. The Morgan fingerprint density at radius 1 is 1.02 bits per heavy atom. The van der Waals surface area contributed by atoms with E-state index in [2.05, 4.69) is 35.8 Å². The molecule has 0 saturated carbocycles. The minimum atomic E-state index is -3.34. The van der Waals surface area contributed by atoms with E-state index in [0.29, 0.717) is 15.0 Å². The number of carboxylic acids is 1. The second-order valence-electron chi connectivity index (χ2n) is 11.8. The van der Waals surface area contributed by atoms with E-state index in [-0.39, 0.29) is 22.9 Å². The summed E-state index contributed by atoms with van der Waals surface area (Å²) < 4.78 is 27.3. The third-order valence-electron chi connectivity index (χ3n) is 8.51.